The molecule has 0 atom stereocenters. The van der Waals surface area contributed by atoms with Crippen LogP contribution in [0.5, 0.6) is 11.5 Å². The van der Waals surface area contributed by atoms with E-state index in [1.807, 2.05) is 0 Å². The van der Waals surface area contributed by atoms with Gasteiger partial charge in [-0.05, 0) is 54.1 Å². The lowest BCUT2D eigenvalue weighted by Crippen LogP contribution is -2.37. The van der Waals surface area contributed by atoms with E-state index in [2.05, 4.69) is 21.2 Å². The minimum absolute atomic E-state index is 0.0468. The first-order valence-electron chi connectivity index (χ1n) is 9.85. The number of sulfonamides is 1. The molecule has 0 heterocycles. The number of nitrogens with one attached hydrogen (secondary N) is 1. The molecule has 0 fully saturated rings. The Hall–Kier alpha value is -2.30. The Labute approximate surface area is 216 Å². The van der Waals surface area contributed by atoms with Crippen molar-refractivity contribution < 1.29 is 22.7 Å². The summed E-state index contributed by atoms with van der Waals surface area (Å²) in [6, 6.07) is 15.8. The van der Waals surface area contributed by atoms with Gasteiger partial charge in [0, 0.05) is 17.1 Å². The number of halogens is 3. The van der Waals surface area contributed by atoms with E-state index < -0.39 is 22.5 Å². The molecular formula is C23H21BrCl2N2O5S. The summed E-state index contributed by atoms with van der Waals surface area (Å²) in [5, 5.41) is 3.33. The van der Waals surface area contributed by atoms with E-state index in [0.29, 0.717) is 27.8 Å². The Morgan fingerprint density at radius 2 is 1.68 bits per heavy atom. The van der Waals surface area contributed by atoms with Crippen LogP contribution in [-0.2, 0) is 21.4 Å². The number of methoxy groups -OCH3 is 2. The summed E-state index contributed by atoms with van der Waals surface area (Å²) in [4.78, 5) is 13.0. The molecule has 34 heavy (non-hydrogen) atoms. The maximum absolute atomic E-state index is 13.4. The number of hydrogen-bond donors (Lipinski definition) is 1. The van der Waals surface area contributed by atoms with E-state index in [-0.39, 0.29) is 16.5 Å². The Bertz CT molecular complexity index is 1290. The molecule has 0 aliphatic rings. The van der Waals surface area contributed by atoms with E-state index in [1.165, 1.54) is 26.4 Å². The minimum atomic E-state index is -4.03. The van der Waals surface area contributed by atoms with Gasteiger partial charge in [0.2, 0.25) is 15.9 Å². The highest BCUT2D eigenvalue weighted by molar-refractivity contribution is 9.10. The maximum Gasteiger partial charge on any atom is 0.243 e. The molecule has 0 bridgehead atoms. The minimum Gasteiger partial charge on any atom is -0.497 e. The molecule has 0 saturated heterocycles. The van der Waals surface area contributed by atoms with Crippen LogP contribution in [0.1, 0.15) is 5.56 Å². The Morgan fingerprint density at radius 1 is 0.971 bits per heavy atom. The zero-order valence-electron chi connectivity index (χ0n) is 18.2. The van der Waals surface area contributed by atoms with Gasteiger partial charge in [0.05, 0.1) is 41.4 Å². The van der Waals surface area contributed by atoms with Crippen LogP contribution in [0, 0.1) is 0 Å². The third-order valence-corrected chi connectivity index (χ3v) is 7.87. The molecule has 11 heteroatoms. The van der Waals surface area contributed by atoms with Crippen LogP contribution in [0.25, 0.3) is 0 Å². The molecule has 3 rings (SSSR count). The van der Waals surface area contributed by atoms with Gasteiger partial charge in [-0.1, -0.05) is 45.2 Å². The molecule has 7 nitrogen and oxygen atoms in total. The average Bonchev–Trinajstić information content (AvgIpc) is 2.81. The second kappa shape index (κ2) is 11.4. The quantitative estimate of drug-likeness (QED) is 0.352. The number of nitrogens with zero attached hydrogens (tertiary/aromatic N) is 1. The van der Waals surface area contributed by atoms with E-state index in [1.54, 1.807) is 48.5 Å². The normalized spacial score (nSPS) is 11.4. The third kappa shape index (κ3) is 6.43. The molecule has 180 valence electrons. The smallest absolute Gasteiger partial charge is 0.243 e. The number of hydrogen-bond acceptors (Lipinski definition) is 5. The average molecular weight is 588 g/mol. The van der Waals surface area contributed by atoms with Gasteiger partial charge in [0.1, 0.15) is 11.5 Å². The number of anilines is 1. The lowest BCUT2D eigenvalue weighted by molar-refractivity contribution is -0.116. The van der Waals surface area contributed by atoms with E-state index in [9.17, 15) is 13.2 Å². The van der Waals surface area contributed by atoms with Crippen molar-refractivity contribution in [1.82, 2.24) is 4.31 Å². The van der Waals surface area contributed by atoms with E-state index in [0.717, 1.165) is 8.78 Å². The standard InChI is InChI=1S/C23H21BrCl2N2O5S/c1-32-17-6-10-21(22(12-17)33-2)27-23(29)14-28(13-15-3-9-19(25)20(26)11-15)34(30,31)18-7-4-16(24)5-8-18/h3-12H,13-14H2,1-2H3,(H,27,29). The molecule has 0 unspecified atom stereocenters. The maximum atomic E-state index is 13.4. The monoisotopic (exact) mass is 586 g/mol. The second-order valence-electron chi connectivity index (χ2n) is 7.09. The van der Waals surface area contributed by atoms with Crippen molar-refractivity contribution in [3.05, 3.63) is 80.7 Å². The topological polar surface area (TPSA) is 84.9 Å². The van der Waals surface area contributed by atoms with Gasteiger partial charge in [-0.3, -0.25) is 4.79 Å². The van der Waals surface area contributed by atoms with Gasteiger partial charge in [0.25, 0.3) is 0 Å². The zero-order valence-corrected chi connectivity index (χ0v) is 22.1. The fraction of sp³-hybridized carbons (Fsp3) is 0.174. The Morgan fingerprint density at radius 3 is 2.29 bits per heavy atom. The number of carbonyl (C=O) groups excluding carboxylic acids is 1. The highest BCUT2D eigenvalue weighted by Gasteiger charge is 2.27. The van der Waals surface area contributed by atoms with Gasteiger partial charge in [-0.25, -0.2) is 8.42 Å². The molecule has 0 aromatic heterocycles. The summed E-state index contributed by atoms with van der Waals surface area (Å²) in [7, 11) is -1.06. The number of rotatable bonds is 9. The summed E-state index contributed by atoms with van der Waals surface area (Å²) in [5.41, 5.74) is 0.953. The van der Waals surface area contributed by atoms with Gasteiger partial charge in [0.15, 0.2) is 0 Å². The zero-order chi connectivity index (χ0) is 24.9. The molecule has 1 N–H and O–H groups in total. The third-order valence-electron chi connectivity index (χ3n) is 4.80. The first kappa shape index (κ1) is 26.3. The van der Waals surface area contributed by atoms with Crippen molar-refractivity contribution in [2.75, 3.05) is 26.1 Å². The SMILES string of the molecule is COc1ccc(NC(=O)CN(Cc2ccc(Cl)c(Cl)c2)S(=O)(=O)c2ccc(Br)cc2)c(OC)c1. The van der Waals surface area contributed by atoms with Crippen LogP contribution in [-0.4, -0.2) is 39.4 Å². The molecule has 0 aliphatic heterocycles. The summed E-state index contributed by atoms with van der Waals surface area (Å²) < 4.78 is 39.1. The van der Waals surface area contributed by atoms with Gasteiger partial charge >= 0.3 is 0 Å². The summed E-state index contributed by atoms with van der Waals surface area (Å²) in [6.07, 6.45) is 0. The summed E-state index contributed by atoms with van der Waals surface area (Å²) in [5.74, 6) is 0.373. The largest absolute Gasteiger partial charge is 0.497 e. The molecule has 3 aromatic carbocycles. The fourth-order valence-electron chi connectivity index (χ4n) is 3.07. The van der Waals surface area contributed by atoms with E-state index >= 15 is 0 Å². The van der Waals surface area contributed by atoms with Crippen LogP contribution in [0.15, 0.2) is 70.0 Å². The number of carbonyl (C=O) groups is 1. The molecule has 0 saturated carbocycles. The highest BCUT2D eigenvalue weighted by Crippen LogP contribution is 2.30. The van der Waals surface area contributed by atoms with E-state index in [4.69, 9.17) is 32.7 Å². The van der Waals surface area contributed by atoms with Crippen LogP contribution in [0.2, 0.25) is 10.0 Å². The van der Waals surface area contributed by atoms with Crippen molar-refractivity contribution in [2.45, 2.75) is 11.4 Å². The molecule has 0 spiro atoms. The first-order chi connectivity index (χ1) is 16.1. The van der Waals surface area contributed by atoms with Gasteiger partial charge in [-0.2, -0.15) is 4.31 Å². The molecular weight excluding hydrogens is 567 g/mol. The predicted molar refractivity (Wildman–Crippen MR) is 136 cm³/mol. The fourth-order valence-corrected chi connectivity index (χ4v) is 5.04. The summed E-state index contributed by atoms with van der Waals surface area (Å²) in [6.45, 7) is -0.545. The summed E-state index contributed by atoms with van der Waals surface area (Å²) >= 11 is 15.4. The predicted octanol–water partition coefficient (Wildman–Crippen LogP) is 5.60. The molecule has 0 radical (unpaired) electrons. The Kier molecular flexibility index (Phi) is 8.83. The first-order valence-corrected chi connectivity index (χ1v) is 12.8. The van der Waals surface area contributed by atoms with Crippen molar-refractivity contribution in [3.8, 4) is 11.5 Å². The van der Waals surface area contributed by atoms with Gasteiger partial charge in [-0.15, -0.1) is 0 Å². The lowest BCUT2D eigenvalue weighted by atomic mass is 10.2. The van der Waals surface area contributed by atoms with Crippen molar-refractivity contribution >= 4 is 60.7 Å². The molecule has 3 aromatic rings. The second-order valence-corrected chi connectivity index (χ2v) is 10.8. The lowest BCUT2D eigenvalue weighted by Gasteiger charge is -2.22. The number of amides is 1. The van der Waals surface area contributed by atoms with Crippen molar-refractivity contribution in [3.63, 3.8) is 0 Å². The number of ether oxygens (including phenoxy) is 2. The van der Waals surface area contributed by atoms with Crippen molar-refractivity contribution in [2.24, 2.45) is 0 Å². The Balaban J connectivity index is 1.90. The molecule has 1 amide bonds. The number of benzene rings is 3. The van der Waals surface area contributed by atoms with Crippen LogP contribution < -0.4 is 14.8 Å². The van der Waals surface area contributed by atoms with Crippen LogP contribution in [0.3, 0.4) is 0 Å². The van der Waals surface area contributed by atoms with Gasteiger partial charge < -0.3 is 14.8 Å². The van der Waals surface area contributed by atoms with Crippen molar-refractivity contribution in [1.29, 1.82) is 0 Å². The highest BCUT2D eigenvalue weighted by atomic mass is 79.9. The molecule has 0 aliphatic carbocycles. The van der Waals surface area contributed by atoms with Crippen LogP contribution >= 0.6 is 39.1 Å². The van der Waals surface area contributed by atoms with Crippen LogP contribution in [0.4, 0.5) is 5.69 Å².